The lowest BCUT2D eigenvalue weighted by Gasteiger charge is -2.39. The van der Waals surface area contributed by atoms with Crippen LogP contribution in [0, 0.1) is 17.0 Å². The van der Waals surface area contributed by atoms with Gasteiger partial charge in [-0.3, -0.25) is 0 Å². The number of benzene rings is 1. The minimum Gasteiger partial charge on any atom is -0.487 e. The fourth-order valence-electron chi connectivity index (χ4n) is 4.13. The molecular weight excluding hydrogens is 523 g/mol. The number of aryl methyl sites for hydroxylation is 1. The summed E-state index contributed by atoms with van der Waals surface area (Å²) in [6, 6.07) is 8.90. The Morgan fingerprint density at radius 1 is 1.32 bits per heavy atom. The minimum absolute atomic E-state index is 0.0341. The van der Waals surface area contributed by atoms with E-state index in [4.69, 9.17) is 31.0 Å². The summed E-state index contributed by atoms with van der Waals surface area (Å²) in [7, 11) is 0. The summed E-state index contributed by atoms with van der Waals surface area (Å²) in [6.07, 6.45) is -3.27. The summed E-state index contributed by atoms with van der Waals surface area (Å²) >= 11 is 6.10. The van der Waals surface area contributed by atoms with Gasteiger partial charge in [-0.2, -0.15) is 13.2 Å². The molecule has 0 saturated carbocycles. The third kappa shape index (κ3) is 7.66. The van der Waals surface area contributed by atoms with Crippen molar-refractivity contribution in [2.24, 2.45) is 0 Å². The Labute approximate surface area is 214 Å². The second kappa shape index (κ2) is 11.5. The maximum atomic E-state index is 11.1. The van der Waals surface area contributed by atoms with E-state index in [2.05, 4.69) is 9.88 Å². The Balaban J connectivity index is 0.000000479. The first kappa shape index (κ1) is 28.4. The van der Waals surface area contributed by atoms with Gasteiger partial charge in [-0.1, -0.05) is 11.6 Å². The number of rotatable bonds is 6. The molecule has 202 valence electrons. The number of aromatic nitrogens is 1. The number of carboxylic acids is 1. The Morgan fingerprint density at radius 3 is 2.57 bits per heavy atom. The van der Waals surface area contributed by atoms with Gasteiger partial charge in [-0.15, -0.1) is 0 Å². The molecule has 1 aromatic heterocycles. The van der Waals surface area contributed by atoms with Gasteiger partial charge < -0.3 is 34.7 Å². The number of fused-ring (bicyclic) bond motifs is 1. The number of carboxylic acid groups (broad SMARTS) is 1. The quantitative estimate of drug-likeness (QED) is 0.409. The van der Waals surface area contributed by atoms with Crippen LogP contribution in [-0.4, -0.2) is 75.1 Å². The summed E-state index contributed by atoms with van der Waals surface area (Å²) in [5.41, 5.74) is 1.49. The Kier molecular flexibility index (Phi) is 8.82. The Morgan fingerprint density at radius 2 is 1.97 bits per heavy atom. The molecule has 0 aliphatic carbocycles. The molecule has 1 aromatic carbocycles. The van der Waals surface area contributed by atoms with Gasteiger partial charge in [0.1, 0.15) is 29.8 Å². The zero-order chi connectivity index (χ0) is 27.4. The van der Waals surface area contributed by atoms with Crippen molar-refractivity contribution in [2.45, 2.75) is 44.1 Å². The largest absolute Gasteiger partial charge is 0.490 e. The lowest BCUT2D eigenvalue weighted by Crippen LogP contribution is -2.49. The number of alkyl halides is 3. The first-order chi connectivity index (χ1) is 17.3. The molecule has 1 atom stereocenters. The van der Waals surface area contributed by atoms with Crippen LogP contribution in [0.4, 0.5) is 19.0 Å². The smallest absolute Gasteiger partial charge is 0.487 e. The molecule has 2 aliphatic rings. The van der Waals surface area contributed by atoms with E-state index in [1.54, 1.807) is 13.0 Å². The van der Waals surface area contributed by atoms with E-state index in [1.807, 2.05) is 18.2 Å². The second-order valence-corrected chi connectivity index (χ2v) is 9.25. The fraction of sp³-hybridized carbons (Fsp3) is 0.478. The summed E-state index contributed by atoms with van der Waals surface area (Å²) in [5, 5.41) is 29.4. The van der Waals surface area contributed by atoms with Crippen LogP contribution in [-0.2, 0) is 11.2 Å². The van der Waals surface area contributed by atoms with Crippen molar-refractivity contribution >= 4 is 23.4 Å². The van der Waals surface area contributed by atoms with Gasteiger partial charge in [-0.05, 0) is 45.8 Å². The van der Waals surface area contributed by atoms with Gasteiger partial charge >= 0.3 is 18.0 Å². The van der Waals surface area contributed by atoms with Crippen molar-refractivity contribution in [1.29, 1.82) is 0 Å². The molecule has 0 amide bonds. The number of ether oxygens (including phenoxy) is 2. The maximum Gasteiger partial charge on any atom is 0.490 e. The number of hydrogen-bond acceptors (Lipinski definition) is 8. The maximum absolute atomic E-state index is 11.1. The summed E-state index contributed by atoms with van der Waals surface area (Å²) in [5.74, 6) is -2.11. The van der Waals surface area contributed by atoms with Crippen molar-refractivity contribution in [1.82, 2.24) is 9.88 Å². The van der Waals surface area contributed by atoms with Gasteiger partial charge in [-0.25, -0.2) is 4.79 Å². The number of piperidine rings is 1. The predicted molar refractivity (Wildman–Crippen MR) is 125 cm³/mol. The zero-order valence-corrected chi connectivity index (χ0v) is 20.5. The van der Waals surface area contributed by atoms with E-state index in [-0.39, 0.29) is 23.8 Å². The Hall–Kier alpha value is -3.16. The highest BCUT2D eigenvalue weighted by Crippen LogP contribution is 2.42. The minimum atomic E-state index is -5.08. The fourth-order valence-corrected chi connectivity index (χ4v) is 4.33. The van der Waals surface area contributed by atoms with E-state index in [9.17, 15) is 28.4 Å². The van der Waals surface area contributed by atoms with Crippen LogP contribution >= 0.6 is 11.6 Å². The number of aliphatic hydroxyl groups is 1. The highest BCUT2D eigenvalue weighted by Gasteiger charge is 2.42. The van der Waals surface area contributed by atoms with Crippen LogP contribution in [0.3, 0.4) is 0 Å². The molecule has 37 heavy (non-hydrogen) atoms. The molecule has 0 bridgehead atoms. The van der Waals surface area contributed by atoms with Gasteiger partial charge in [0, 0.05) is 50.8 Å². The van der Waals surface area contributed by atoms with Crippen LogP contribution in [0.1, 0.15) is 24.1 Å². The molecule has 1 spiro atoms. The van der Waals surface area contributed by atoms with E-state index < -0.39 is 23.2 Å². The van der Waals surface area contributed by atoms with Gasteiger partial charge in [0.25, 0.3) is 0 Å². The van der Waals surface area contributed by atoms with Gasteiger partial charge in [0.05, 0.1) is 0 Å². The number of nitro groups is 1. The molecule has 14 heteroatoms. The number of pyridine rings is 1. The zero-order valence-electron chi connectivity index (χ0n) is 19.7. The monoisotopic (exact) mass is 547 g/mol. The molecule has 10 nitrogen and oxygen atoms in total. The normalized spacial score (nSPS) is 17.2. The molecule has 2 aliphatic heterocycles. The van der Waals surface area contributed by atoms with Crippen molar-refractivity contribution in [2.75, 3.05) is 26.2 Å². The molecule has 4 rings (SSSR count). The van der Waals surface area contributed by atoms with Gasteiger partial charge in [0.2, 0.25) is 5.75 Å². The van der Waals surface area contributed by atoms with Crippen LogP contribution < -0.4 is 9.47 Å². The van der Waals surface area contributed by atoms with E-state index >= 15 is 0 Å². The van der Waals surface area contributed by atoms with Crippen molar-refractivity contribution in [3.63, 3.8) is 0 Å². The highest BCUT2D eigenvalue weighted by molar-refractivity contribution is 6.30. The van der Waals surface area contributed by atoms with Crippen LogP contribution in [0.15, 0.2) is 30.3 Å². The van der Waals surface area contributed by atoms with E-state index in [1.165, 1.54) is 6.07 Å². The average Bonchev–Trinajstić information content (AvgIpc) is 3.16. The van der Waals surface area contributed by atoms with Crippen molar-refractivity contribution in [3.05, 3.63) is 56.7 Å². The molecule has 2 N–H and O–H groups in total. The lowest BCUT2D eigenvalue weighted by atomic mass is 9.87. The van der Waals surface area contributed by atoms with Crippen LogP contribution in [0.2, 0.25) is 5.02 Å². The first-order valence-electron chi connectivity index (χ1n) is 11.2. The van der Waals surface area contributed by atoms with Crippen molar-refractivity contribution < 1.29 is 42.6 Å². The Bertz CT molecular complexity index is 1140. The number of hydrogen-bond donors (Lipinski definition) is 2. The first-order valence-corrected chi connectivity index (χ1v) is 11.6. The number of halogens is 4. The third-order valence-electron chi connectivity index (χ3n) is 5.92. The lowest BCUT2D eigenvalue weighted by molar-refractivity contribution is -0.390. The molecule has 1 saturated heterocycles. The topological polar surface area (TPSA) is 135 Å². The van der Waals surface area contributed by atoms with Crippen LogP contribution in [0.5, 0.6) is 11.5 Å². The SMILES string of the molecule is Cc1ccc(OC[C@@H](O)CN2CCC3(CC2)Cc2cc(Cl)ccc2O3)c([N+](=O)[O-])n1.O=C(O)C(F)(F)F. The number of nitrogens with zero attached hydrogens (tertiary/aromatic N) is 3. The van der Waals surface area contributed by atoms with Crippen molar-refractivity contribution in [3.8, 4) is 11.5 Å². The summed E-state index contributed by atoms with van der Waals surface area (Å²) < 4.78 is 43.5. The number of carbonyl (C=O) groups is 1. The summed E-state index contributed by atoms with van der Waals surface area (Å²) in [4.78, 5) is 25.5. The predicted octanol–water partition coefficient (Wildman–Crippen LogP) is 3.79. The standard InChI is InChI=1S/C21H24ClN3O5.C2HF3O2/c1-14-2-4-19(20(23-14)25(27)28)29-13-17(26)12-24-8-6-21(7-9-24)11-15-10-16(22)3-5-18(15)30-21;3-2(4,5)1(6)7/h2-5,10,17,26H,6-9,11-13H2,1H3;(H,6,7)/t17-;/m0./s1. The average molecular weight is 548 g/mol. The van der Waals surface area contributed by atoms with Crippen LogP contribution in [0.25, 0.3) is 0 Å². The number of likely N-dealkylation sites (tertiary alicyclic amines) is 1. The highest BCUT2D eigenvalue weighted by atomic mass is 35.5. The third-order valence-corrected chi connectivity index (χ3v) is 6.16. The number of β-amino-alcohol motifs (C(OH)–C–C–N with tert-alkyl or cyclic N) is 1. The molecule has 3 heterocycles. The summed E-state index contributed by atoms with van der Waals surface area (Å²) in [6.45, 7) is 3.67. The molecular formula is C23H25ClF3N3O7. The molecule has 1 fully saturated rings. The number of aliphatic hydroxyl groups excluding tert-OH is 1. The number of aliphatic carboxylic acids is 1. The second-order valence-electron chi connectivity index (χ2n) is 8.81. The molecule has 2 aromatic rings. The van der Waals surface area contributed by atoms with E-state index in [0.29, 0.717) is 12.2 Å². The molecule has 0 unspecified atom stereocenters. The molecule has 0 radical (unpaired) electrons. The van der Waals surface area contributed by atoms with Gasteiger partial charge in [0.15, 0.2) is 0 Å². The van der Waals surface area contributed by atoms with E-state index in [0.717, 1.165) is 48.7 Å².